The van der Waals surface area contributed by atoms with E-state index in [0.717, 1.165) is 5.56 Å². The number of rotatable bonds is 7. The molecule has 29 heavy (non-hydrogen) atoms. The first kappa shape index (κ1) is 20.3. The predicted molar refractivity (Wildman–Crippen MR) is 112 cm³/mol. The molecule has 2 amide bonds. The summed E-state index contributed by atoms with van der Waals surface area (Å²) in [5.74, 6) is -0.659. The lowest BCUT2D eigenvalue weighted by Crippen LogP contribution is -2.33. The molecule has 0 aliphatic rings. The molecule has 3 rings (SSSR count). The number of benzene rings is 2. The van der Waals surface area contributed by atoms with E-state index in [4.69, 9.17) is 11.6 Å². The van der Waals surface area contributed by atoms with E-state index in [0.29, 0.717) is 22.9 Å². The summed E-state index contributed by atoms with van der Waals surface area (Å²) < 4.78 is 1.69. The van der Waals surface area contributed by atoms with Crippen LogP contribution in [-0.2, 0) is 16.1 Å². The quantitative estimate of drug-likeness (QED) is 0.608. The van der Waals surface area contributed by atoms with Gasteiger partial charge in [0.15, 0.2) is 0 Å². The zero-order chi connectivity index (χ0) is 20.6. The molecule has 1 aromatic heterocycles. The number of aromatic nitrogens is 3. The Balaban J connectivity index is 1.52. The Morgan fingerprint density at radius 1 is 1.14 bits per heavy atom. The van der Waals surface area contributed by atoms with Crippen molar-refractivity contribution < 1.29 is 9.59 Å². The maximum absolute atomic E-state index is 12.2. The minimum Gasteiger partial charge on any atom is -0.333 e. The van der Waals surface area contributed by atoms with E-state index >= 15 is 0 Å². The van der Waals surface area contributed by atoms with E-state index in [1.54, 1.807) is 48.3 Å². The molecule has 148 valence electrons. The van der Waals surface area contributed by atoms with Crippen molar-refractivity contribution in [1.82, 2.24) is 19.9 Å². The van der Waals surface area contributed by atoms with Gasteiger partial charge in [0.05, 0.1) is 30.0 Å². The highest BCUT2D eigenvalue weighted by molar-refractivity contribution is 6.33. The van der Waals surface area contributed by atoms with Crippen LogP contribution >= 0.6 is 11.6 Å². The Kier molecular flexibility index (Phi) is 6.76. The van der Waals surface area contributed by atoms with Gasteiger partial charge in [0.2, 0.25) is 11.8 Å². The molecule has 8 heteroatoms. The van der Waals surface area contributed by atoms with E-state index in [9.17, 15) is 9.59 Å². The number of likely N-dealkylation sites (N-methyl/N-ethyl adjacent to an activating group) is 1. The maximum atomic E-state index is 12.2. The van der Waals surface area contributed by atoms with Crippen LogP contribution in [0.1, 0.15) is 11.3 Å². The monoisotopic (exact) mass is 409 g/mol. The number of hydrogen-bond donors (Lipinski definition) is 1. The third-order valence-corrected chi connectivity index (χ3v) is 4.37. The molecule has 0 radical (unpaired) electrons. The van der Waals surface area contributed by atoms with Crippen molar-refractivity contribution in [3.8, 4) is 0 Å². The molecule has 0 saturated carbocycles. The van der Waals surface area contributed by atoms with Crippen molar-refractivity contribution in [2.75, 3.05) is 18.9 Å². The van der Waals surface area contributed by atoms with E-state index in [1.807, 2.05) is 30.3 Å². The van der Waals surface area contributed by atoms with E-state index in [1.165, 1.54) is 11.0 Å². The smallest absolute Gasteiger partial charge is 0.246 e. The van der Waals surface area contributed by atoms with Crippen LogP contribution in [0.2, 0.25) is 5.02 Å². The second kappa shape index (κ2) is 9.66. The summed E-state index contributed by atoms with van der Waals surface area (Å²) in [4.78, 5) is 25.7. The van der Waals surface area contributed by atoms with E-state index in [2.05, 4.69) is 15.6 Å². The topological polar surface area (TPSA) is 80.1 Å². The molecule has 0 atom stereocenters. The zero-order valence-corrected chi connectivity index (χ0v) is 16.6. The van der Waals surface area contributed by atoms with Crippen LogP contribution in [-0.4, -0.2) is 45.3 Å². The fourth-order valence-corrected chi connectivity index (χ4v) is 2.75. The summed E-state index contributed by atoms with van der Waals surface area (Å²) in [6.07, 6.45) is 4.68. The minimum absolute atomic E-state index is 0.102. The van der Waals surface area contributed by atoms with Gasteiger partial charge in [0.1, 0.15) is 5.69 Å². The number of halogens is 1. The van der Waals surface area contributed by atoms with Crippen LogP contribution in [0.3, 0.4) is 0 Å². The van der Waals surface area contributed by atoms with Crippen molar-refractivity contribution in [3.05, 3.63) is 83.2 Å². The van der Waals surface area contributed by atoms with Gasteiger partial charge < -0.3 is 10.2 Å². The standard InChI is InChI=1S/C21H20ClN5O2/c1-26(15-20(28)23-19-10-6-5-9-18(19)22)21(29)12-11-17-14-27(25-24-17)13-16-7-3-2-4-8-16/h2-12,14H,13,15H2,1H3,(H,23,28)/b12-11+. The van der Waals surface area contributed by atoms with Gasteiger partial charge in [0, 0.05) is 13.1 Å². The molecule has 0 unspecified atom stereocenters. The van der Waals surface area contributed by atoms with Crippen molar-refractivity contribution in [2.45, 2.75) is 6.54 Å². The van der Waals surface area contributed by atoms with E-state index < -0.39 is 0 Å². The van der Waals surface area contributed by atoms with Gasteiger partial charge in [-0.1, -0.05) is 59.3 Å². The molecule has 7 nitrogen and oxygen atoms in total. The van der Waals surface area contributed by atoms with Gasteiger partial charge in [-0.15, -0.1) is 5.10 Å². The third-order valence-electron chi connectivity index (χ3n) is 4.05. The predicted octanol–water partition coefficient (Wildman–Crippen LogP) is 3.09. The van der Waals surface area contributed by atoms with Crippen LogP contribution in [0.25, 0.3) is 6.08 Å². The fourth-order valence-electron chi connectivity index (χ4n) is 2.57. The van der Waals surface area contributed by atoms with Crippen LogP contribution < -0.4 is 5.32 Å². The first-order valence-electron chi connectivity index (χ1n) is 8.93. The Morgan fingerprint density at radius 2 is 1.86 bits per heavy atom. The molecule has 0 aliphatic heterocycles. The molecule has 0 aliphatic carbocycles. The van der Waals surface area contributed by atoms with Gasteiger partial charge in [-0.25, -0.2) is 4.68 Å². The zero-order valence-electron chi connectivity index (χ0n) is 15.8. The van der Waals surface area contributed by atoms with Crippen molar-refractivity contribution >= 4 is 35.2 Å². The van der Waals surface area contributed by atoms with Gasteiger partial charge in [-0.05, 0) is 23.8 Å². The fraction of sp³-hybridized carbons (Fsp3) is 0.143. The molecule has 0 bridgehead atoms. The van der Waals surface area contributed by atoms with E-state index in [-0.39, 0.29) is 18.4 Å². The lowest BCUT2D eigenvalue weighted by atomic mass is 10.2. The van der Waals surface area contributed by atoms with Crippen molar-refractivity contribution in [1.29, 1.82) is 0 Å². The second-order valence-electron chi connectivity index (χ2n) is 6.38. The van der Waals surface area contributed by atoms with Crippen LogP contribution in [0, 0.1) is 0 Å². The summed E-state index contributed by atoms with van der Waals surface area (Å²) in [7, 11) is 1.55. The highest BCUT2D eigenvalue weighted by atomic mass is 35.5. The highest BCUT2D eigenvalue weighted by Crippen LogP contribution is 2.20. The molecule has 0 saturated heterocycles. The molecule has 0 spiro atoms. The van der Waals surface area contributed by atoms with Crippen molar-refractivity contribution in [2.24, 2.45) is 0 Å². The number of hydrogen-bond acceptors (Lipinski definition) is 4. The Morgan fingerprint density at radius 3 is 2.62 bits per heavy atom. The van der Waals surface area contributed by atoms with Gasteiger partial charge in [-0.3, -0.25) is 9.59 Å². The number of amides is 2. The molecular weight excluding hydrogens is 390 g/mol. The molecule has 2 aromatic carbocycles. The Labute approximate surface area is 173 Å². The third kappa shape index (κ3) is 6.02. The molecular formula is C21H20ClN5O2. The van der Waals surface area contributed by atoms with Crippen LogP contribution in [0.15, 0.2) is 66.9 Å². The molecule has 3 aromatic rings. The first-order valence-corrected chi connectivity index (χ1v) is 9.30. The van der Waals surface area contributed by atoms with Crippen molar-refractivity contribution in [3.63, 3.8) is 0 Å². The largest absolute Gasteiger partial charge is 0.333 e. The summed E-state index contributed by atoms with van der Waals surface area (Å²) in [5.41, 5.74) is 2.17. The SMILES string of the molecule is CN(CC(=O)Nc1ccccc1Cl)C(=O)/C=C/c1cn(Cc2ccccc2)nn1. The highest BCUT2D eigenvalue weighted by Gasteiger charge is 2.12. The van der Waals surface area contributed by atoms with Gasteiger partial charge in [0.25, 0.3) is 0 Å². The lowest BCUT2D eigenvalue weighted by molar-refractivity contribution is -0.129. The van der Waals surface area contributed by atoms with Crippen LogP contribution in [0.4, 0.5) is 5.69 Å². The number of carbonyl (C=O) groups excluding carboxylic acids is 2. The first-order chi connectivity index (χ1) is 14.0. The second-order valence-corrected chi connectivity index (χ2v) is 6.79. The summed E-state index contributed by atoms with van der Waals surface area (Å²) >= 11 is 6.02. The number of nitrogens with one attached hydrogen (secondary N) is 1. The summed E-state index contributed by atoms with van der Waals surface area (Å²) in [6.45, 7) is 0.493. The number of carbonyl (C=O) groups is 2. The molecule has 1 heterocycles. The van der Waals surface area contributed by atoms with Gasteiger partial charge >= 0.3 is 0 Å². The van der Waals surface area contributed by atoms with Crippen LogP contribution in [0.5, 0.6) is 0 Å². The Bertz CT molecular complexity index is 1020. The number of nitrogens with zero attached hydrogens (tertiary/aromatic N) is 4. The number of para-hydroxylation sites is 1. The average molecular weight is 410 g/mol. The average Bonchev–Trinajstić information content (AvgIpc) is 3.16. The molecule has 1 N–H and O–H groups in total. The summed E-state index contributed by atoms with van der Waals surface area (Å²) in [6, 6.07) is 16.8. The minimum atomic E-state index is -0.337. The number of anilines is 1. The van der Waals surface area contributed by atoms with Gasteiger partial charge in [-0.2, -0.15) is 0 Å². The lowest BCUT2D eigenvalue weighted by Gasteiger charge is -2.15. The summed E-state index contributed by atoms with van der Waals surface area (Å²) in [5, 5.41) is 11.2. The molecule has 0 fully saturated rings. The maximum Gasteiger partial charge on any atom is 0.246 e. The normalized spacial score (nSPS) is 10.8. The Hall–Kier alpha value is -3.45.